The number of rotatable bonds is 2. The van der Waals surface area contributed by atoms with Crippen molar-refractivity contribution < 1.29 is 13.5 Å². The first-order chi connectivity index (χ1) is 7.61. The molecule has 0 radical (unpaired) electrons. The van der Waals surface area contributed by atoms with Crippen molar-refractivity contribution in [3.63, 3.8) is 0 Å². The van der Waals surface area contributed by atoms with Gasteiger partial charge in [-0.3, -0.25) is 0 Å². The Balaban J connectivity index is 2.58. The standard InChI is InChI=1S/C10H7F2NOS2/c1-14-9-3-6(11)5(2-7(9)12)8-4-16-10(15)13-8/h2-4H,1H3,(H,13,15). The summed E-state index contributed by atoms with van der Waals surface area (Å²) in [5.41, 5.74) is 0.611. The van der Waals surface area contributed by atoms with Crippen LogP contribution in [0.15, 0.2) is 17.5 Å². The molecule has 2 rings (SSSR count). The van der Waals surface area contributed by atoms with Gasteiger partial charge in [0.05, 0.1) is 12.8 Å². The van der Waals surface area contributed by atoms with Crippen molar-refractivity contribution in [2.45, 2.75) is 0 Å². The van der Waals surface area contributed by atoms with E-state index < -0.39 is 11.6 Å². The summed E-state index contributed by atoms with van der Waals surface area (Å²) in [5, 5.41) is 1.65. The molecule has 1 aromatic heterocycles. The SMILES string of the molecule is COc1cc(F)c(-c2csc(=S)[nH]2)cc1F. The topological polar surface area (TPSA) is 25.0 Å². The van der Waals surface area contributed by atoms with E-state index >= 15 is 0 Å². The largest absolute Gasteiger partial charge is 0.494 e. The second kappa shape index (κ2) is 4.31. The minimum atomic E-state index is -0.607. The Morgan fingerprint density at radius 1 is 1.31 bits per heavy atom. The minimum absolute atomic E-state index is 0.116. The van der Waals surface area contributed by atoms with Gasteiger partial charge in [-0.25, -0.2) is 8.78 Å². The Hall–Kier alpha value is -1.27. The van der Waals surface area contributed by atoms with Gasteiger partial charge < -0.3 is 9.72 Å². The van der Waals surface area contributed by atoms with Gasteiger partial charge in [0, 0.05) is 17.0 Å². The molecule has 0 aliphatic rings. The summed E-state index contributed by atoms with van der Waals surface area (Å²) in [6, 6.07) is 2.10. The summed E-state index contributed by atoms with van der Waals surface area (Å²) < 4.78 is 32.2. The Labute approximate surface area is 99.5 Å². The summed E-state index contributed by atoms with van der Waals surface area (Å²) in [6.45, 7) is 0. The lowest BCUT2D eigenvalue weighted by Gasteiger charge is -2.05. The molecule has 0 fully saturated rings. The van der Waals surface area contributed by atoms with Crippen LogP contribution >= 0.6 is 23.6 Å². The van der Waals surface area contributed by atoms with Crippen molar-refractivity contribution in [1.29, 1.82) is 0 Å². The molecular formula is C10H7F2NOS2. The van der Waals surface area contributed by atoms with Gasteiger partial charge in [-0.1, -0.05) is 0 Å². The van der Waals surface area contributed by atoms with E-state index in [4.69, 9.17) is 12.2 Å². The molecular weight excluding hydrogens is 252 g/mol. The molecule has 0 spiro atoms. The third-order valence-corrected chi connectivity index (χ3v) is 3.11. The normalized spacial score (nSPS) is 10.4. The highest BCUT2D eigenvalue weighted by Gasteiger charge is 2.12. The number of H-pyrrole nitrogens is 1. The molecule has 0 bridgehead atoms. The summed E-state index contributed by atoms with van der Waals surface area (Å²) in [5.74, 6) is -1.28. The lowest BCUT2D eigenvalue weighted by molar-refractivity contribution is 0.383. The Morgan fingerprint density at radius 3 is 2.62 bits per heavy atom. The number of nitrogens with one attached hydrogen (secondary N) is 1. The molecule has 1 heterocycles. The van der Waals surface area contributed by atoms with Crippen molar-refractivity contribution >= 4 is 23.6 Å². The first-order valence-corrected chi connectivity index (χ1v) is 5.62. The van der Waals surface area contributed by atoms with Gasteiger partial charge in [-0.15, -0.1) is 11.3 Å². The average Bonchev–Trinajstić information content (AvgIpc) is 2.67. The van der Waals surface area contributed by atoms with Crippen LogP contribution in [0.25, 0.3) is 11.3 Å². The molecule has 0 aliphatic heterocycles. The van der Waals surface area contributed by atoms with Gasteiger partial charge in [-0.05, 0) is 18.3 Å². The van der Waals surface area contributed by atoms with Crippen LogP contribution in [-0.2, 0) is 0 Å². The smallest absolute Gasteiger partial charge is 0.165 e. The lowest BCUT2D eigenvalue weighted by atomic mass is 10.1. The fraction of sp³-hybridized carbons (Fsp3) is 0.100. The molecule has 0 unspecified atom stereocenters. The molecule has 0 atom stereocenters. The number of hydrogen-bond donors (Lipinski definition) is 1. The zero-order chi connectivity index (χ0) is 11.7. The van der Waals surface area contributed by atoms with E-state index in [1.165, 1.54) is 18.4 Å². The van der Waals surface area contributed by atoms with Crippen molar-refractivity contribution in [1.82, 2.24) is 4.98 Å². The third-order valence-electron chi connectivity index (χ3n) is 2.05. The highest BCUT2D eigenvalue weighted by atomic mass is 32.1. The second-order valence-corrected chi connectivity index (χ2v) is 4.57. The predicted molar refractivity (Wildman–Crippen MR) is 61.4 cm³/mol. The first kappa shape index (κ1) is 11.2. The van der Waals surface area contributed by atoms with E-state index in [0.29, 0.717) is 9.65 Å². The number of ether oxygens (including phenoxy) is 1. The number of aromatic nitrogens is 1. The lowest BCUT2D eigenvalue weighted by Crippen LogP contribution is -1.92. The monoisotopic (exact) mass is 259 g/mol. The van der Waals surface area contributed by atoms with Crippen molar-refractivity contribution in [3.05, 3.63) is 33.1 Å². The Kier molecular flexibility index (Phi) is 3.02. The van der Waals surface area contributed by atoms with E-state index in [1.54, 1.807) is 5.38 Å². The molecule has 0 amide bonds. The summed E-state index contributed by atoms with van der Waals surface area (Å²) >= 11 is 6.14. The van der Waals surface area contributed by atoms with Crippen LogP contribution in [0.1, 0.15) is 0 Å². The van der Waals surface area contributed by atoms with Crippen LogP contribution in [0.5, 0.6) is 5.75 Å². The molecule has 0 saturated carbocycles. The molecule has 6 heteroatoms. The molecule has 0 saturated heterocycles. The number of halogens is 2. The molecule has 84 valence electrons. The highest BCUT2D eigenvalue weighted by molar-refractivity contribution is 7.73. The minimum Gasteiger partial charge on any atom is -0.494 e. The van der Waals surface area contributed by atoms with Crippen molar-refractivity contribution in [2.24, 2.45) is 0 Å². The van der Waals surface area contributed by atoms with Crippen LogP contribution in [0.2, 0.25) is 0 Å². The van der Waals surface area contributed by atoms with E-state index in [1.807, 2.05) is 0 Å². The van der Waals surface area contributed by atoms with Crippen LogP contribution in [0, 0.1) is 15.6 Å². The van der Waals surface area contributed by atoms with Crippen molar-refractivity contribution in [3.8, 4) is 17.0 Å². The summed E-state index contributed by atoms with van der Waals surface area (Å²) in [6.07, 6.45) is 0. The zero-order valence-electron chi connectivity index (χ0n) is 8.21. The summed E-state index contributed by atoms with van der Waals surface area (Å²) in [7, 11) is 1.29. The summed E-state index contributed by atoms with van der Waals surface area (Å²) in [4.78, 5) is 2.78. The third kappa shape index (κ3) is 1.98. The average molecular weight is 259 g/mol. The maximum absolute atomic E-state index is 13.6. The van der Waals surface area contributed by atoms with Gasteiger partial charge in [0.2, 0.25) is 0 Å². The maximum Gasteiger partial charge on any atom is 0.165 e. The molecule has 1 N–H and O–H groups in total. The second-order valence-electron chi connectivity index (χ2n) is 3.03. The molecule has 1 aromatic carbocycles. The highest BCUT2D eigenvalue weighted by Crippen LogP contribution is 2.28. The van der Waals surface area contributed by atoms with Crippen LogP contribution in [-0.4, -0.2) is 12.1 Å². The number of methoxy groups -OCH3 is 1. The van der Waals surface area contributed by atoms with E-state index in [2.05, 4.69) is 9.72 Å². The van der Waals surface area contributed by atoms with E-state index in [0.717, 1.165) is 12.1 Å². The van der Waals surface area contributed by atoms with Gasteiger partial charge in [0.15, 0.2) is 15.5 Å². The molecule has 2 aromatic rings. The number of benzene rings is 1. The predicted octanol–water partition coefficient (Wildman–Crippen LogP) is 3.76. The number of aromatic amines is 1. The Bertz CT molecular complexity index is 576. The molecule has 2 nitrogen and oxygen atoms in total. The van der Waals surface area contributed by atoms with Crippen LogP contribution in [0.4, 0.5) is 8.78 Å². The van der Waals surface area contributed by atoms with Gasteiger partial charge in [0.1, 0.15) is 5.82 Å². The van der Waals surface area contributed by atoms with Crippen LogP contribution in [0.3, 0.4) is 0 Å². The quantitative estimate of drug-likeness (QED) is 0.831. The number of hydrogen-bond acceptors (Lipinski definition) is 3. The van der Waals surface area contributed by atoms with E-state index in [-0.39, 0.29) is 11.3 Å². The fourth-order valence-electron chi connectivity index (χ4n) is 1.30. The molecule has 16 heavy (non-hydrogen) atoms. The maximum atomic E-state index is 13.6. The van der Waals surface area contributed by atoms with Gasteiger partial charge in [0.25, 0.3) is 0 Å². The first-order valence-electron chi connectivity index (χ1n) is 4.33. The van der Waals surface area contributed by atoms with Crippen LogP contribution < -0.4 is 4.74 Å². The number of thiazole rings is 1. The van der Waals surface area contributed by atoms with Gasteiger partial charge >= 0.3 is 0 Å². The fourth-order valence-corrected chi connectivity index (χ4v) is 2.14. The van der Waals surface area contributed by atoms with Gasteiger partial charge in [-0.2, -0.15) is 0 Å². The van der Waals surface area contributed by atoms with E-state index in [9.17, 15) is 8.78 Å². The molecule has 0 aliphatic carbocycles. The van der Waals surface area contributed by atoms with Crippen molar-refractivity contribution in [2.75, 3.05) is 7.11 Å². The zero-order valence-corrected chi connectivity index (χ0v) is 9.85. The Morgan fingerprint density at radius 2 is 2.06 bits per heavy atom.